The minimum Gasteiger partial charge on any atom is -0.299 e. The van der Waals surface area contributed by atoms with Crippen molar-refractivity contribution in [1.82, 2.24) is 9.80 Å². The molecule has 2 aliphatic rings. The monoisotopic (exact) mass is 224 g/mol. The third-order valence-corrected chi connectivity index (χ3v) is 3.95. The van der Waals surface area contributed by atoms with Gasteiger partial charge in [-0.1, -0.05) is 13.3 Å². The molecule has 3 nitrogen and oxygen atoms in total. The van der Waals surface area contributed by atoms with E-state index in [0.29, 0.717) is 18.7 Å². The van der Waals surface area contributed by atoms with E-state index in [-0.39, 0.29) is 0 Å². The van der Waals surface area contributed by atoms with Gasteiger partial charge in [0.1, 0.15) is 5.78 Å². The lowest BCUT2D eigenvalue weighted by Crippen LogP contribution is -2.41. The Labute approximate surface area is 98.8 Å². The van der Waals surface area contributed by atoms with Crippen LogP contribution in [0.2, 0.25) is 0 Å². The summed E-state index contributed by atoms with van der Waals surface area (Å²) in [5.41, 5.74) is 0. The van der Waals surface area contributed by atoms with Gasteiger partial charge in [-0.3, -0.25) is 14.6 Å². The Morgan fingerprint density at radius 3 is 2.62 bits per heavy atom. The summed E-state index contributed by atoms with van der Waals surface area (Å²) in [7, 11) is 0. The molecule has 0 amide bonds. The third-order valence-electron chi connectivity index (χ3n) is 3.95. The highest BCUT2D eigenvalue weighted by Crippen LogP contribution is 2.19. The summed E-state index contributed by atoms with van der Waals surface area (Å²) in [6.07, 6.45) is 6.08. The van der Waals surface area contributed by atoms with Crippen LogP contribution >= 0.6 is 0 Å². The minimum atomic E-state index is 0.388. The number of Topliss-reactive ketones (excluding diaryl/α,β-unsaturated/α-hetero) is 1. The Balaban J connectivity index is 1.76. The quantitative estimate of drug-likeness (QED) is 0.723. The van der Waals surface area contributed by atoms with E-state index in [1.807, 2.05) is 6.92 Å². The lowest BCUT2D eigenvalue weighted by molar-refractivity contribution is -0.119. The molecule has 0 saturated carbocycles. The topological polar surface area (TPSA) is 23.6 Å². The molecule has 1 unspecified atom stereocenters. The fraction of sp³-hybridized carbons (Fsp3) is 0.923. The second-order valence-corrected chi connectivity index (χ2v) is 5.17. The first-order chi connectivity index (χ1) is 7.79. The Morgan fingerprint density at radius 1 is 1.19 bits per heavy atom. The number of likely N-dealkylation sites (tertiary alicyclic amines) is 2. The second-order valence-electron chi connectivity index (χ2n) is 5.17. The first kappa shape index (κ1) is 12.1. The number of carbonyl (C=O) groups is 1. The van der Waals surface area contributed by atoms with Crippen LogP contribution < -0.4 is 0 Å². The van der Waals surface area contributed by atoms with Gasteiger partial charge in [-0.05, 0) is 32.4 Å². The van der Waals surface area contributed by atoms with Gasteiger partial charge in [-0.25, -0.2) is 0 Å². The molecule has 0 N–H and O–H groups in total. The van der Waals surface area contributed by atoms with Crippen LogP contribution in [0.3, 0.4) is 0 Å². The maximum absolute atomic E-state index is 11.4. The number of nitrogens with zero attached hydrogens (tertiary/aromatic N) is 2. The van der Waals surface area contributed by atoms with Crippen molar-refractivity contribution in [3.05, 3.63) is 0 Å². The molecule has 0 bridgehead atoms. The molecule has 0 aliphatic carbocycles. The molecule has 0 aromatic carbocycles. The summed E-state index contributed by atoms with van der Waals surface area (Å²) >= 11 is 0. The van der Waals surface area contributed by atoms with Crippen molar-refractivity contribution in [2.45, 2.75) is 45.1 Å². The van der Waals surface area contributed by atoms with Crippen molar-refractivity contribution >= 4 is 5.78 Å². The standard InChI is InChI=1S/C13H24N2O/c1-2-13(16)11-14-9-6-12(10-14)15-7-4-3-5-8-15/h12H,2-11H2,1H3. The van der Waals surface area contributed by atoms with Crippen LogP contribution in [0.4, 0.5) is 0 Å². The van der Waals surface area contributed by atoms with E-state index < -0.39 is 0 Å². The second kappa shape index (κ2) is 5.78. The molecule has 2 saturated heterocycles. The SMILES string of the molecule is CCC(=O)CN1CCC(N2CCCCC2)C1. The number of ketones is 1. The summed E-state index contributed by atoms with van der Waals surface area (Å²) in [5.74, 6) is 0.388. The molecule has 0 radical (unpaired) electrons. The van der Waals surface area contributed by atoms with Gasteiger partial charge in [-0.15, -0.1) is 0 Å². The van der Waals surface area contributed by atoms with Crippen molar-refractivity contribution in [3.63, 3.8) is 0 Å². The van der Waals surface area contributed by atoms with Crippen LogP contribution in [0.5, 0.6) is 0 Å². The zero-order chi connectivity index (χ0) is 11.4. The zero-order valence-corrected chi connectivity index (χ0v) is 10.5. The molecular formula is C13H24N2O. The van der Waals surface area contributed by atoms with Crippen LogP contribution in [0.15, 0.2) is 0 Å². The average Bonchev–Trinajstić information content (AvgIpc) is 2.78. The predicted molar refractivity (Wildman–Crippen MR) is 65.6 cm³/mol. The van der Waals surface area contributed by atoms with E-state index in [1.165, 1.54) is 38.8 Å². The Hall–Kier alpha value is -0.410. The van der Waals surface area contributed by atoms with Crippen LogP contribution in [0.25, 0.3) is 0 Å². The maximum atomic E-state index is 11.4. The Kier molecular flexibility index (Phi) is 4.36. The molecule has 3 heteroatoms. The Morgan fingerprint density at radius 2 is 1.94 bits per heavy atom. The van der Waals surface area contributed by atoms with Crippen molar-refractivity contribution < 1.29 is 4.79 Å². The van der Waals surface area contributed by atoms with Gasteiger partial charge in [0.2, 0.25) is 0 Å². The lowest BCUT2D eigenvalue weighted by Gasteiger charge is -2.32. The van der Waals surface area contributed by atoms with Crippen LogP contribution in [0.1, 0.15) is 39.0 Å². The van der Waals surface area contributed by atoms with Gasteiger partial charge < -0.3 is 0 Å². The number of rotatable bonds is 4. The first-order valence-electron chi connectivity index (χ1n) is 6.77. The van der Waals surface area contributed by atoms with Gasteiger partial charge in [0, 0.05) is 25.6 Å². The summed E-state index contributed by atoms with van der Waals surface area (Å²) in [6.45, 7) is 7.43. The minimum absolute atomic E-state index is 0.388. The van der Waals surface area contributed by atoms with E-state index in [9.17, 15) is 4.79 Å². The van der Waals surface area contributed by atoms with E-state index in [4.69, 9.17) is 0 Å². The molecule has 0 aromatic rings. The highest BCUT2D eigenvalue weighted by Gasteiger charge is 2.28. The average molecular weight is 224 g/mol. The van der Waals surface area contributed by atoms with Gasteiger partial charge in [0.05, 0.1) is 6.54 Å². The van der Waals surface area contributed by atoms with E-state index >= 15 is 0 Å². The molecule has 16 heavy (non-hydrogen) atoms. The fourth-order valence-electron chi connectivity index (χ4n) is 2.90. The fourth-order valence-corrected chi connectivity index (χ4v) is 2.90. The molecule has 2 rings (SSSR count). The molecular weight excluding hydrogens is 200 g/mol. The van der Waals surface area contributed by atoms with Gasteiger partial charge in [0.15, 0.2) is 0 Å². The zero-order valence-electron chi connectivity index (χ0n) is 10.5. The molecule has 1 atom stereocenters. The van der Waals surface area contributed by atoms with Crippen LogP contribution in [-0.2, 0) is 4.79 Å². The van der Waals surface area contributed by atoms with Crippen molar-refractivity contribution in [3.8, 4) is 0 Å². The summed E-state index contributed by atoms with van der Waals surface area (Å²) in [6, 6.07) is 0.727. The van der Waals surface area contributed by atoms with Gasteiger partial charge >= 0.3 is 0 Å². The number of hydrogen-bond donors (Lipinski definition) is 0. The van der Waals surface area contributed by atoms with Crippen LogP contribution in [-0.4, -0.2) is 54.3 Å². The van der Waals surface area contributed by atoms with Crippen molar-refractivity contribution in [2.24, 2.45) is 0 Å². The number of hydrogen-bond acceptors (Lipinski definition) is 3. The molecule has 2 fully saturated rings. The van der Waals surface area contributed by atoms with E-state index in [2.05, 4.69) is 9.80 Å². The van der Waals surface area contributed by atoms with Crippen LogP contribution in [0, 0.1) is 0 Å². The summed E-state index contributed by atoms with van der Waals surface area (Å²) < 4.78 is 0. The first-order valence-corrected chi connectivity index (χ1v) is 6.77. The molecule has 92 valence electrons. The van der Waals surface area contributed by atoms with Crippen molar-refractivity contribution in [1.29, 1.82) is 0 Å². The highest BCUT2D eigenvalue weighted by molar-refractivity contribution is 5.80. The molecule has 0 spiro atoms. The normalized spacial score (nSPS) is 28.4. The number of carbonyl (C=O) groups excluding carboxylic acids is 1. The van der Waals surface area contributed by atoms with E-state index in [0.717, 1.165) is 19.1 Å². The smallest absolute Gasteiger partial charge is 0.146 e. The predicted octanol–water partition coefficient (Wildman–Crippen LogP) is 1.53. The largest absolute Gasteiger partial charge is 0.299 e. The molecule has 2 aliphatic heterocycles. The highest BCUT2D eigenvalue weighted by atomic mass is 16.1. The Bertz CT molecular complexity index is 236. The lowest BCUT2D eigenvalue weighted by atomic mass is 10.1. The summed E-state index contributed by atoms with van der Waals surface area (Å²) in [4.78, 5) is 16.4. The summed E-state index contributed by atoms with van der Waals surface area (Å²) in [5, 5.41) is 0. The van der Waals surface area contributed by atoms with Gasteiger partial charge in [-0.2, -0.15) is 0 Å². The molecule has 2 heterocycles. The number of piperidine rings is 1. The van der Waals surface area contributed by atoms with Gasteiger partial charge in [0.25, 0.3) is 0 Å². The van der Waals surface area contributed by atoms with Crippen molar-refractivity contribution in [2.75, 3.05) is 32.7 Å². The third kappa shape index (κ3) is 3.05. The maximum Gasteiger partial charge on any atom is 0.146 e. The van der Waals surface area contributed by atoms with E-state index in [1.54, 1.807) is 0 Å². The molecule has 0 aromatic heterocycles.